The van der Waals surface area contributed by atoms with Crippen LogP contribution in [0.3, 0.4) is 0 Å². The van der Waals surface area contributed by atoms with Crippen LogP contribution in [0.25, 0.3) is 0 Å². The molecule has 0 aromatic heterocycles. The summed E-state index contributed by atoms with van der Waals surface area (Å²) in [5.74, 6) is 0.389. The average Bonchev–Trinajstić information content (AvgIpc) is 2.29. The van der Waals surface area contributed by atoms with Gasteiger partial charge in [-0.2, -0.15) is 0 Å². The molecule has 0 radical (unpaired) electrons. The molecule has 0 N–H and O–H groups in total. The normalized spacial score (nSPS) is 21.4. The second-order valence-corrected chi connectivity index (χ2v) is 7.49. The number of rotatable bonds is 4. The Morgan fingerprint density at radius 1 is 1.26 bits per heavy atom. The third-order valence-corrected chi connectivity index (χ3v) is 4.46. The van der Waals surface area contributed by atoms with Crippen LogP contribution in [0.5, 0.6) is 0 Å². The monoisotopic (exact) mass is 305 g/mol. The highest BCUT2D eigenvalue weighted by Gasteiger charge is 2.39. The third-order valence-electron chi connectivity index (χ3n) is 4.06. The lowest BCUT2D eigenvalue weighted by molar-refractivity contribution is -0.126. The van der Waals surface area contributed by atoms with Crippen molar-refractivity contribution in [3.63, 3.8) is 0 Å². The van der Waals surface area contributed by atoms with Crippen molar-refractivity contribution in [2.45, 2.75) is 47.5 Å². The van der Waals surface area contributed by atoms with Gasteiger partial charge < -0.3 is 4.90 Å². The standard InChI is InChI=1S/C15H25Cl2NO/c1-11-12(18(7-6-16)13(19)9-17)8-14(2,3)10-15(11,4)5/h6-10H2,1-5H3. The Bertz CT molecular complexity index is 386. The molecule has 0 aromatic carbocycles. The Labute approximate surface area is 127 Å². The van der Waals surface area contributed by atoms with Gasteiger partial charge in [-0.15, -0.1) is 23.2 Å². The first-order valence-corrected chi connectivity index (χ1v) is 7.84. The van der Waals surface area contributed by atoms with Gasteiger partial charge >= 0.3 is 0 Å². The maximum absolute atomic E-state index is 12.1. The first-order chi connectivity index (χ1) is 8.64. The predicted molar refractivity (Wildman–Crippen MR) is 82.6 cm³/mol. The number of hydrogen-bond donors (Lipinski definition) is 0. The summed E-state index contributed by atoms with van der Waals surface area (Å²) in [6.07, 6.45) is 2.03. The molecule has 0 fully saturated rings. The fourth-order valence-electron chi connectivity index (χ4n) is 3.23. The lowest BCUT2D eigenvalue weighted by atomic mass is 9.64. The predicted octanol–water partition coefficient (Wildman–Crippen LogP) is 4.41. The van der Waals surface area contributed by atoms with Gasteiger partial charge in [0.1, 0.15) is 5.88 Å². The van der Waals surface area contributed by atoms with E-state index in [9.17, 15) is 4.79 Å². The van der Waals surface area contributed by atoms with Gasteiger partial charge in [-0.1, -0.05) is 27.7 Å². The molecule has 110 valence electrons. The van der Waals surface area contributed by atoms with Gasteiger partial charge in [-0.25, -0.2) is 0 Å². The molecule has 0 unspecified atom stereocenters. The first kappa shape index (κ1) is 16.8. The lowest BCUT2D eigenvalue weighted by Gasteiger charge is -2.45. The molecular formula is C15H25Cl2NO. The van der Waals surface area contributed by atoms with Crippen molar-refractivity contribution in [2.24, 2.45) is 10.8 Å². The van der Waals surface area contributed by atoms with Crippen LogP contribution in [0.15, 0.2) is 11.3 Å². The zero-order valence-corrected chi connectivity index (χ0v) is 14.2. The van der Waals surface area contributed by atoms with Crippen LogP contribution >= 0.6 is 23.2 Å². The molecule has 0 atom stereocenters. The van der Waals surface area contributed by atoms with Gasteiger partial charge in [0.2, 0.25) is 5.91 Å². The molecule has 0 heterocycles. The summed E-state index contributed by atoms with van der Waals surface area (Å²) in [5, 5.41) is 0. The number of allylic oxidation sites excluding steroid dienone is 2. The average molecular weight is 306 g/mol. The van der Waals surface area contributed by atoms with Crippen molar-refractivity contribution in [3.05, 3.63) is 11.3 Å². The zero-order chi connectivity index (χ0) is 14.8. The van der Waals surface area contributed by atoms with E-state index in [2.05, 4.69) is 34.6 Å². The fraction of sp³-hybridized carbons (Fsp3) is 0.800. The Balaban J connectivity index is 3.22. The molecule has 1 amide bonds. The molecular weight excluding hydrogens is 281 g/mol. The van der Waals surface area contributed by atoms with Crippen LogP contribution in [0.1, 0.15) is 47.5 Å². The number of alkyl halides is 2. The van der Waals surface area contributed by atoms with E-state index in [-0.39, 0.29) is 22.6 Å². The van der Waals surface area contributed by atoms with Crippen LogP contribution < -0.4 is 0 Å². The highest BCUT2D eigenvalue weighted by molar-refractivity contribution is 6.27. The van der Waals surface area contributed by atoms with Crippen LogP contribution in [-0.4, -0.2) is 29.1 Å². The molecule has 0 bridgehead atoms. The van der Waals surface area contributed by atoms with Gasteiger partial charge in [0.15, 0.2) is 0 Å². The third kappa shape index (κ3) is 3.88. The van der Waals surface area contributed by atoms with Gasteiger partial charge in [-0.3, -0.25) is 4.79 Å². The second-order valence-electron chi connectivity index (χ2n) is 6.84. The lowest BCUT2D eigenvalue weighted by Crippen LogP contribution is -2.40. The van der Waals surface area contributed by atoms with Gasteiger partial charge in [0.05, 0.1) is 0 Å². The fourth-order valence-corrected chi connectivity index (χ4v) is 3.55. The van der Waals surface area contributed by atoms with E-state index in [0.29, 0.717) is 12.4 Å². The Hall–Kier alpha value is -0.210. The minimum absolute atomic E-state index is 0.00846. The molecule has 0 spiro atoms. The minimum Gasteiger partial charge on any atom is -0.314 e. The number of hydrogen-bond acceptors (Lipinski definition) is 1. The molecule has 4 heteroatoms. The molecule has 1 rings (SSSR count). The largest absolute Gasteiger partial charge is 0.314 e. The molecule has 0 saturated carbocycles. The van der Waals surface area contributed by atoms with E-state index in [1.807, 2.05) is 0 Å². The summed E-state index contributed by atoms with van der Waals surface area (Å²) in [7, 11) is 0. The Kier molecular flexibility index (Phi) is 5.36. The molecule has 19 heavy (non-hydrogen) atoms. The minimum atomic E-state index is -0.0508. The quantitative estimate of drug-likeness (QED) is 0.704. The van der Waals surface area contributed by atoms with Gasteiger partial charge in [-0.05, 0) is 36.2 Å². The van der Waals surface area contributed by atoms with Crippen molar-refractivity contribution in [2.75, 3.05) is 18.3 Å². The van der Waals surface area contributed by atoms with Crippen molar-refractivity contribution >= 4 is 29.1 Å². The maximum Gasteiger partial charge on any atom is 0.241 e. The number of amides is 1. The molecule has 1 aliphatic rings. The van der Waals surface area contributed by atoms with Crippen LogP contribution in [0, 0.1) is 10.8 Å². The van der Waals surface area contributed by atoms with E-state index in [1.165, 1.54) is 5.57 Å². The Morgan fingerprint density at radius 2 is 1.84 bits per heavy atom. The van der Waals surface area contributed by atoms with Gasteiger partial charge in [0, 0.05) is 18.1 Å². The molecule has 1 aliphatic carbocycles. The first-order valence-electron chi connectivity index (χ1n) is 6.77. The SMILES string of the molecule is CC1=C(N(CCCl)C(=O)CCl)CC(C)(C)CC1(C)C. The van der Waals surface area contributed by atoms with Crippen LogP contribution in [0.2, 0.25) is 0 Å². The summed E-state index contributed by atoms with van der Waals surface area (Å²) in [6.45, 7) is 11.7. The molecule has 2 nitrogen and oxygen atoms in total. The summed E-state index contributed by atoms with van der Waals surface area (Å²) in [5.41, 5.74) is 2.70. The van der Waals surface area contributed by atoms with Crippen molar-refractivity contribution < 1.29 is 4.79 Å². The number of carbonyl (C=O) groups excluding carboxylic acids is 1. The molecule has 0 saturated heterocycles. The van der Waals surface area contributed by atoms with Crippen molar-refractivity contribution in [1.29, 1.82) is 0 Å². The van der Waals surface area contributed by atoms with Crippen molar-refractivity contribution in [3.8, 4) is 0 Å². The van der Waals surface area contributed by atoms with Crippen molar-refractivity contribution in [1.82, 2.24) is 4.90 Å². The van der Waals surface area contributed by atoms with E-state index in [1.54, 1.807) is 4.90 Å². The topological polar surface area (TPSA) is 20.3 Å². The summed E-state index contributed by atoms with van der Waals surface area (Å²) < 4.78 is 0. The van der Waals surface area contributed by atoms with E-state index < -0.39 is 0 Å². The summed E-state index contributed by atoms with van der Waals surface area (Å²) >= 11 is 11.6. The second kappa shape index (κ2) is 6.05. The number of nitrogens with zero attached hydrogens (tertiary/aromatic N) is 1. The van der Waals surface area contributed by atoms with Gasteiger partial charge in [0.25, 0.3) is 0 Å². The van der Waals surface area contributed by atoms with E-state index in [0.717, 1.165) is 18.5 Å². The van der Waals surface area contributed by atoms with E-state index in [4.69, 9.17) is 23.2 Å². The van der Waals surface area contributed by atoms with E-state index >= 15 is 0 Å². The number of carbonyl (C=O) groups is 1. The molecule has 0 aromatic rings. The summed E-state index contributed by atoms with van der Waals surface area (Å²) in [6, 6.07) is 0. The Morgan fingerprint density at radius 3 is 2.32 bits per heavy atom. The maximum atomic E-state index is 12.1. The summed E-state index contributed by atoms with van der Waals surface area (Å²) in [4.78, 5) is 13.9. The highest BCUT2D eigenvalue weighted by atomic mass is 35.5. The highest BCUT2D eigenvalue weighted by Crippen LogP contribution is 2.49. The smallest absolute Gasteiger partial charge is 0.241 e. The molecule has 0 aliphatic heterocycles. The van der Waals surface area contributed by atoms with Crippen LogP contribution in [-0.2, 0) is 4.79 Å². The zero-order valence-electron chi connectivity index (χ0n) is 12.6. The van der Waals surface area contributed by atoms with Crippen LogP contribution in [0.4, 0.5) is 0 Å². The number of halogens is 2.